The van der Waals surface area contributed by atoms with Gasteiger partial charge in [0, 0.05) is 48.1 Å². The molecule has 2 aromatic carbocycles. The van der Waals surface area contributed by atoms with Crippen LogP contribution < -0.4 is 10.3 Å². The van der Waals surface area contributed by atoms with Crippen molar-refractivity contribution < 1.29 is 14.6 Å². The summed E-state index contributed by atoms with van der Waals surface area (Å²) >= 11 is 0. The smallest absolute Gasteiger partial charge is 0.407 e. The second-order valence-corrected chi connectivity index (χ2v) is 7.47. The summed E-state index contributed by atoms with van der Waals surface area (Å²) in [6.07, 6.45) is 0.699. The number of rotatable bonds is 3. The van der Waals surface area contributed by atoms with Crippen molar-refractivity contribution in [2.75, 3.05) is 20.2 Å². The standard InChI is InChI=1S/C23H24N2O4/c1-24-21(16-9-6-12-25(14-16)23(27)28)20(15-7-4-3-5-8-15)19-13-17(29-2)10-11-18(19)22(24)26/h3-5,7-8,10-11,13,16H,6,9,12,14H2,1-2H3,(H,27,28). The number of likely N-dealkylation sites (tertiary alicyclic amines) is 1. The molecule has 0 bridgehead atoms. The van der Waals surface area contributed by atoms with Crippen molar-refractivity contribution in [2.45, 2.75) is 18.8 Å². The molecule has 1 saturated heterocycles. The van der Waals surface area contributed by atoms with Crippen molar-refractivity contribution >= 4 is 16.9 Å². The average molecular weight is 392 g/mol. The maximum absolute atomic E-state index is 13.2. The fraction of sp³-hybridized carbons (Fsp3) is 0.304. The van der Waals surface area contributed by atoms with E-state index in [9.17, 15) is 14.7 Å². The maximum Gasteiger partial charge on any atom is 0.407 e. The highest BCUT2D eigenvalue weighted by Crippen LogP contribution is 2.38. The van der Waals surface area contributed by atoms with E-state index < -0.39 is 6.09 Å². The Morgan fingerprint density at radius 1 is 1.14 bits per heavy atom. The lowest BCUT2D eigenvalue weighted by Crippen LogP contribution is -2.39. The fourth-order valence-electron chi connectivity index (χ4n) is 4.40. The van der Waals surface area contributed by atoms with Crippen molar-refractivity contribution in [3.8, 4) is 16.9 Å². The maximum atomic E-state index is 13.2. The van der Waals surface area contributed by atoms with Gasteiger partial charge in [0.05, 0.1) is 7.11 Å². The predicted molar refractivity (Wildman–Crippen MR) is 113 cm³/mol. The molecule has 1 aliphatic heterocycles. The van der Waals surface area contributed by atoms with Gasteiger partial charge in [-0.3, -0.25) is 4.79 Å². The summed E-state index contributed by atoms with van der Waals surface area (Å²) in [4.78, 5) is 26.2. The van der Waals surface area contributed by atoms with Gasteiger partial charge in [-0.15, -0.1) is 0 Å². The van der Waals surface area contributed by atoms with E-state index in [4.69, 9.17) is 4.74 Å². The summed E-state index contributed by atoms with van der Waals surface area (Å²) < 4.78 is 7.12. The van der Waals surface area contributed by atoms with Gasteiger partial charge in [-0.1, -0.05) is 30.3 Å². The van der Waals surface area contributed by atoms with E-state index in [0.29, 0.717) is 24.2 Å². The molecule has 29 heavy (non-hydrogen) atoms. The number of hydrogen-bond donors (Lipinski definition) is 1. The molecule has 0 saturated carbocycles. The Hall–Kier alpha value is -3.28. The first-order chi connectivity index (χ1) is 14.0. The number of amides is 1. The molecular formula is C23H24N2O4. The summed E-state index contributed by atoms with van der Waals surface area (Å²) in [5.41, 5.74) is 2.78. The summed E-state index contributed by atoms with van der Waals surface area (Å²) in [5.74, 6) is 0.632. The number of ether oxygens (including phenoxy) is 1. The van der Waals surface area contributed by atoms with Crippen LogP contribution in [-0.2, 0) is 7.05 Å². The van der Waals surface area contributed by atoms with E-state index >= 15 is 0 Å². The van der Waals surface area contributed by atoms with Crippen LogP contribution in [-0.4, -0.2) is 40.9 Å². The van der Waals surface area contributed by atoms with Gasteiger partial charge < -0.3 is 19.3 Å². The molecule has 150 valence electrons. The Labute approximate surface area is 169 Å². The lowest BCUT2D eigenvalue weighted by molar-refractivity contribution is 0.129. The van der Waals surface area contributed by atoms with Crippen LogP contribution in [0, 0.1) is 0 Å². The van der Waals surface area contributed by atoms with Gasteiger partial charge in [0.25, 0.3) is 5.56 Å². The SMILES string of the molecule is COc1ccc2c(=O)n(C)c(C3CCCN(C(=O)O)C3)c(-c3ccccc3)c2c1. The minimum atomic E-state index is -0.914. The van der Waals surface area contributed by atoms with Crippen LogP contribution in [0.25, 0.3) is 21.9 Å². The molecule has 1 N–H and O–H groups in total. The van der Waals surface area contributed by atoms with E-state index in [2.05, 4.69) is 0 Å². The molecule has 6 heteroatoms. The van der Waals surface area contributed by atoms with Crippen LogP contribution in [0.2, 0.25) is 0 Å². The molecule has 1 fully saturated rings. The van der Waals surface area contributed by atoms with Gasteiger partial charge in [-0.2, -0.15) is 0 Å². The molecule has 0 spiro atoms. The third kappa shape index (κ3) is 3.35. The Kier molecular flexibility index (Phi) is 5.01. The number of fused-ring (bicyclic) bond motifs is 1. The van der Waals surface area contributed by atoms with Crippen molar-refractivity contribution in [1.82, 2.24) is 9.47 Å². The summed E-state index contributed by atoms with van der Waals surface area (Å²) in [6, 6.07) is 15.5. The number of methoxy groups -OCH3 is 1. The van der Waals surface area contributed by atoms with Crippen LogP contribution in [0.4, 0.5) is 4.79 Å². The fourth-order valence-corrected chi connectivity index (χ4v) is 4.40. The van der Waals surface area contributed by atoms with Crippen LogP contribution in [0.5, 0.6) is 5.75 Å². The zero-order chi connectivity index (χ0) is 20.5. The van der Waals surface area contributed by atoms with Gasteiger partial charge >= 0.3 is 6.09 Å². The van der Waals surface area contributed by atoms with Crippen LogP contribution in [0.3, 0.4) is 0 Å². The molecule has 1 aromatic heterocycles. The topological polar surface area (TPSA) is 71.8 Å². The number of carboxylic acid groups (broad SMARTS) is 1. The Bertz CT molecular complexity index is 1120. The molecule has 0 aliphatic carbocycles. The van der Waals surface area contributed by atoms with Gasteiger partial charge in [0.1, 0.15) is 5.75 Å². The molecule has 1 unspecified atom stereocenters. The highest BCUT2D eigenvalue weighted by molar-refractivity contribution is 5.98. The van der Waals surface area contributed by atoms with Crippen molar-refractivity contribution in [2.24, 2.45) is 7.05 Å². The van der Waals surface area contributed by atoms with Crippen LogP contribution in [0.1, 0.15) is 24.5 Å². The molecule has 0 radical (unpaired) electrons. The number of pyridine rings is 1. The molecule has 1 aliphatic rings. The third-order valence-electron chi connectivity index (χ3n) is 5.79. The normalized spacial score (nSPS) is 16.8. The van der Waals surface area contributed by atoms with Crippen molar-refractivity contribution in [3.05, 3.63) is 64.6 Å². The first-order valence-electron chi connectivity index (χ1n) is 9.75. The van der Waals surface area contributed by atoms with Gasteiger partial charge in [0.15, 0.2) is 0 Å². The first kappa shape index (κ1) is 19.1. The highest BCUT2D eigenvalue weighted by atomic mass is 16.5. The van der Waals surface area contributed by atoms with Gasteiger partial charge in [-0.25, -0.2) is 4.79 Å². The lowest BCUT2D eigenvalue weighted by atomic mass is 9.86. The number of piperidine rings is 1. The predicted octanol–water partition coefficient (Wildman–Crippen LogP) is 4.07. The minimum absolute atomic E-state index is 0.0524. The molecular weight excluding hydrogens is 368 g/mol. The number of nitrogens with zero attached hydrogens (tertiary/aromatic N) is 2. The number of carbonyl (C=O) groups is 1. The van der Waals surface area contributed by atoms with Crippen molar-refractivity contribution in [3.63, 3.8) is 0 Å². The van der Waals surface area contributed by atoms with Gasteiger partial charge in [0.2, 0.25) is 0 Å². The molecule has 1 amide bonds. The van der Waals surface area contributed by atoms with Crippen molar-refractivity contribution in [1.29, 1.82) is 0 Å². The molecule has 2 heterocycles. The molecule has 4 rings (SSSR count). The highest BCUT2D eigenvalue weighted by Gasteiger charge is 2.29. The van der Waals surface area contributed by atoms with E-state index in [-0.39, 0.29) is 11.5 Å². The minimum Gasteiger partial charge on any atom is -0.497 e. The van der Waals surface area contributed by atoms with E-state index in [0.717, 1.165) is 35.0 Å². The van der Waals surface area contributed by atoms with E-state index in [1.165, 1.54) is 4.90 Å². The second kappa shape index (κ2) is 7.62. The Morgan fingerprint density at radius 2 is 1.90 bits per heavy atom. The zero-order valence-corrected chi connectivity index (χ0v) is 16.6. The Morgan fingerprint density at radius 3 is 2.59 bits per heavy atom. The summed E-state index contributed by atoms with van der Waals surface area (Å²) in [6.45, 7) is 0.916. The second-order valence-electron chi connectivity index (χ2n) is 7.47. The largest absolute Gasteiger partial charge is 0.497 e. The molecule has 1 atom stereocenters. The third-order valence-corrected chi connectivity index (χ3v) is 5.79. The van der Waals surface area contributed by atoms with Crippen LogP contribution >= 0.6 is 0 Å². The monoisotopic (exact) mass is 392 g/mol. The lowest BCUT2D eigenvalue weighted by Gasteiger charge is -2.33. The quantitative estimate of drug-likeness (QED) is 0.729. The number of benzene rings is 2. The first-order valence-corrected chi connectivity index (χ1v) is 9.75. The Balaban J connectivity index is 2.03. The molecule has 6 nitrogen and oxygen atoms in total. The van der Waals surface area contributed by atoms with E-state index in [1.807, 2.05) is 36.4 Å². The molecule has 3 aromatic rings. The zero-order valence-electron chi connectivity index (χ0n) is 16.6. The van der Waals surface area contributed by atoms with E-state index in [1.54, 1.807) is 30.9 Å². The number of hydrogen-bond acceptors (Lipinski definition) is 3. The number of aromatic nitrogens is 1. The van der Waals surface area contributed by atoms with Crippen LogP contribution in [0.15, 0.2) is 53.3 Å². The summed E-state index contributed by atoms with van der Waals surface area (Å²) in [5, 5.41) is 11.0. The average Bonchev–Trinajstić information content (AvgIpc) is 2.76. The summed E-state index contributed by atoms with van der Waals surface area (Å²) in [7, 11) is 3.39. The van der Waals surface area contributed by atoms with Gasteiger partial charge in [-0.05, 0) is 36.6 Å².